The number of ketones is 1. The number of esters is 1. The van der Waals surface area contributed by atoms with Crippen molar-refractivity contribution in [2.24, 2.45) is 29.1 Å². The number of carbonyl (C=O) groups is 2. The Morgan fingerprint density at radius 3 is 2.52 bits per heavy atom. The van der Waals surface area contributed by atoms with Crippen LogP contribution in [0.3, 0.4) is 0 Å². The highest BCUT2D eigenvalue weighted by atomic mass is 16.6. The third-order valence-electron chi connectivity index (χ3n) is 8.90. The molecule has 31 heavy (non-hydrogen) atoms. The van der Waals surface area contributed by atoms with Gasteiger partial charge in [-0.15, -0.1) is 0 Å². The quantitative estimate of drug-likeness (QED) is 0.361. The molecular weight excluding hydrogens is 396 g/mol. The Labute approximate surface area is 183 Å². The number of allylic oxidation sites excluding steroid dienone is 1. The fourth-order valence-corrected chi connectivity index (χ4v) is 6.96. The fraction of sp³-hybridized carbons (Fsp3) is 0.680. The van der Waals surface area contributed by atoms with E-state index in [2.05, 4.69) is 0 Å². The Morgan fingerprint density at radius 1 is 1.29 bits per heavy atom. The van der Waals surface area contributed by atoms with Crippen molar-refractivity contribution in [1.29, 1.82) is 0 Å². The maximum atomic E-state index is 12.9. The molecule has 6 heteroatoms. The van der Waals surface area contributed by atoms with Crippen molar-refractivity contribution in [3.63, 3.8) is 0 Å². The van der Waals surface area contributed by atoms with Gasteiger partial charge in [0.15, 0.2) is 5.78 Å². The van der Waals surface area contributed by atoms with E-state index in [0.717, 1.165) is 0 Å². The Bertz CT molecular complexity index is 942. The van der Waals surface area contributed by atoms with Gasteiger partial charge < -0.3 is 20.1 Å². The summed E-state index contributed by atoms with van der Waals surface area (Å²) in [4.78, 5) is 25.6. The number of hydrogen-bond acceptors (Lipinski definition) is 6. The summed E-state index contributed by atoms with van der Waals surface area (Å²) in [6.45, 7) is 10.9. The lowest BCUT2D eigenvalue weighted by atomic mass is 9.60. The highest BCUT2D eigenvalue weighted by Gasteiger charge is 2.83. The molecule has 0 radical (unpaired) electrons. The summed E-state index contributed by atoms with van der Waals surface area (Å²) in [6, 6.07) is 0. The van der Waals surface area contributed by atoms with Crippen LogP contribution in [0.1, 0.15) is 54.4 Å². The SMILES string of the molecule is C/C=C(\C)C(=O)OC12CC(C)C3(O)C(C=C(CO)CC4(O)C(=O)C(C)=CC43)C1C2(C)C. The maximum absolute atomic E-state index is 12.9. The molecule has 7 unspecified atom stereocenters. The summed E-state index contributed by atoms with van der Waals surface area (Å²) in [7, 11) is 0. The van der Waals surface area contributed by atoms with Crippen molar-refractivity contribution in [2.75, 3.05) is 6.61 Å². The minimum absolute atomic E-state index is 0.00993. The van der Waals surface area contributed by atoms with Crippen LogP contribution in [0.5, 0.6) is 0 Å². The number of hydrogen-bond donors (Lipinski definition) is 3. The zero-order valence-corrected chi connectivity index (χ0v) is 19.2. The van der Waals surface area contributed by atoms with Gasteiger partial charge in [0.1, 0.15) is 11.2 Å². The number of carbonyl (C=O) groups excluding carboxylic acids is 2. The van der Waals surface area contributed by atoms with Gasteiger partial charge in [0.05, 0.1) is 12.2 Å². The van der Waals surface area contributed by atoms with Gasteiger partial charge in [-0.25, -0.2) is 4.79 Å². The fourth-order valence-electron chi connectivity index (χ4n) is 6.96. The van der Waals surface area contributed by atoms with E-state index in [0.29, 0.717) is 23.1 Å². The molecule has 0 amide bonds. The second-order valence-electron chi connectivity index (χ2n) is 10.7. The minimum Gasteiger partial charge on any atom is -0.455 e. The van der Waals surface area contributed by atoms with Crippen molar-refractivity contribution < 1.29 is 29.6 Å². The molecule has 7 atom stereocenters. The number of Topliss-reactive ketones (excluding diaryl/α,β-unsaturated/α-hetero) is 1. The van der Waals surface area contributed by atoms with E-state index in [1.165, 1.54) is 0 Å². The van der Waals surface area contributed by atoms with Crippen LogP contribution < -0.4 is 0 Å². The number of ether oxygens (including phenoxy) is 1. The Morgan fingerprint density at radius 2 is 1.94 bits per heavy atom. The molecule has 0 aromatic heterocycles. The summed E-state index contributed by atoms with van der Waals surface area (Å²) >= 11 is 0. The average molecular weight is 431 g/mol. The molecule has 4 rings (SSSR count). The van der Waals surface area contributed by atoms with Crippen molar-refractivity contribution in [1.82, 2.24) is 0 Å². The first-order chi connectivity index (χ1) is 14.3. The highest BCUT2D eigenvalue weighted by molar-refractivity contribution is 6.04. The van der Waals surface area contributed by atoms with Crippen molar-refractivity contribution in [2.45, 2.75) is 71.2 Å². The molecule has 6 nitrogen and oxygen atoms in total. The van der Waals surface area contributed by atoms with Crippen LogP contribution >= 0.6 is 0 Å². The summed E-state index contributed by atoms with van der Waals surface area (Å²) in [6.07, 6.45) is 5.70. The normalized spacial score (nSPS) is 45.6. The molecule has 170 valence electrons. The molecular formula is C25H34O6. The molecule has 0 heterocycles. The van der Waals surface area contributed by atoms with E-state index in [9.17, 15) is 24.9 Å². The first kappa shape index (κ1) is 22.4. The maximum Gasteiger partial charge on any atom is 0.333 e. The van der Waals surface area contributed by atoms with Crippen LogP contribution in [0.15, 0.2) is 34.9 Å². The van der Waals surface area contributed by atoms with Crippen molar-refractivity contribution in [3.05, 3.63) is 34.9 Å². The van der Waals surface area contributed by atoms with Gasteiger partial charge in [0, 0.05) is 35.2 Å². The molecule has 2 saturated carbocycles. The summed E-state index contributed by atoms with van der Waals surface area (Å²) < 4.78 is 6.12. The van der Waals surface area contributed by atoms with Crippen molar-refractivity contribution in [3.8, 4) is 0 Å². The molecule has 3 N–H and O–H groups in total. The topological polar surface area (TPSA) is 104 Å². The summed E-state index contributed by atoms with van der Waals surface area (Å²) in [5, 5.41) is 33.7. The third-order valence-corrected chi connectivity index (χ3v) is 8.90. The molecule has 0 aromatic rings. The summed E-state index contributed by atoms with van der Waals surface area (Å²) in [5.74, 6) is -2.55. The van der Waals surface area contributed by atoms with Crippen LogP contribution in [0.2, 0.25) is 0 Å². The zero-order valence-electron chi connectivity index (χ0n) is 19.2. The van der Waals surface area contributed by atoms with E-state index >= 15 is 0 Å². The number of aliphatic hydroxyl groups excluding tert-OH is 1. The Kier molecular flexibility index (Phi) is 4.79. The van der Waals surface area contributed by atoms with Gasteiger partial charge in [-0.3, -0.25) is 4.79 Å². The van der Waals surface area contributed by atoms with E-state index in [1.807, 2.05) is 26.8 Å². The monoisotopic (exact) mass is 430 g/mol. The molecule has 0 aliphatic heterocycles. The zero-order chi connectivity index (χ0) is 23.1. The first-order valence-corrected chi connectivity index (χ1v) is 11.2. The van der Waals surface area contributed by atoms with Gasteiger partial charge in [0.2, 0.25) is 0 Å². The van der Waals surface area contributed by atoms with Crippen LogP contribution in [-0.2, 0) is 14.3 Å². The van der Waals surface area contributed by atoms with Gasteiger partial charge in [0.25, 0.3) is 0 Å². The summed E-state index contributed by atoms with van der Waals surface area (Å²) in [5.41, 5.74) is -2.81. The number of aliphatic hydroxyl groups is 3. The molecule has 0 aromatic carbocycles. The van der Waals surface area contributed by atoms with E-state index in [-0.39, 0.29) is 36.6 Å². The standard InChI is InChI=1S/C25H34O6/c1-7-13(2)21(28)31-24-10-15(4)25(30)17(19(24)22(24,5)6)9-16(12-26)11-23(29)18(25)8-14(3)20(23)27/h7-9,15,17-19,26,29-30H,10-12H2,1-6H3/b13-7+. The van der Waals surface area contributed by atoms with E-state index in [1.54, 1.807) is 32.9 Å². The minimum atomic E-state index is -1.77. The van der Waals surface area contributed by atoms with Gasteiger partial charge in [-0.2, -0.15) is 0 Å². The lowest BCUT2D eigenvalue weighted by molar-refractivity contribution is -0.185. The predicted molar refractivity (Wildman–Crippen MR) is 115 cm³/mol. The molecule has 4 aliphatic carbocycles. The molecule has 4 aliphatic rings. The average Bonchev–Trinajstić information content (AvgIpc) is 3.11. The van der Waals surface area contributed by atoms with Gasteiger partial charge in [-0.05, 0) is 44.3 Å². The largest absolute Gasteiger partial charge is 0.455 e. The third kappa shape index (κ3) is 2.61. The van der Waals surface area contributed by atoms with Crippen molar-refractivity contribution >= 4 is 11.8 Å². The number of rotatable bonds is 3. The smallest absolute Gasteiger partial charge is 0.333 e. The Hall–Kier alpha value is -1.76. The van der Waals surface area contributed by atoms with E-state index in [4.69, 9.17) is 4.74 Å². The van der Waals surface area contributed by atoms with Crippen LogP contribution in [0, 0.1) is 29.1 Å². The molecule has 0 bridgehead atoms. The predicted octanol–water partition coefficient (Wildman–Crippen LogP) is 2.48. The molecule has 2 fully saturated rings. The van der Waals surface area contributed by atoms with Gasteiger partial charge >= 0.3 is 5.97 Å². The second-order valence-corrected chi connectivity index (χ2v) is 10.7. The van der Waals surface area contributed by atoms with Crippen LogP contribution in [0.25, 0.3) is 0 Å². The Balaban J connectivity index is 1.85. The van der Waals surface area contributed by atoms with Crippen LogP contribution in [-0.4, -0.2) is 50.5 Å². The second kappa shape index (κ2) is 6.63. The number of fused-ring (bicyclic) bond motifs is 5. The van der Waals surface area contributed by atoms with E-state index < -0.39 is 34.1 Å². The molecule has 0 spiro atoms. The highest BCUT2D eigenvalue weighted by Crippen LogP contribution is 2.76. The first-order valence-electron chi connectivity index (χ1n) is 11.2. The van der Waals surface area contributed by atoms with Gasteiger partial charge in [-0.1, -0.05) is 39.0 Å². The molecule has 0 saturated heterocycles. The lowest BCUT2D eigenvalue weighted by Crippen LogP contribution is -2.61. The van der Waals surface area contributed by atoms with Crippen LogP contribution in [0.4, 0.5) is 0 Å². The lowest BCUT2D eigenvalue weighted by Gasteiger charge is -2.50.